The SMILES string of the molecule is COc1ccc(-c2cn3cc(I)ccc3n2)c(Br)c1. The maximum Gasteiger partial charge on any atom is 0.137 e. The zero-order valence-corrected chi connectivity index (χ0v) is 13.8. The Morgan fingerprint density at radius 3 is 2.79 bits per heavy atom. The first-order valence-electron chi connectivity index (χ1n) is 5.65. The molecular formula is C14H10BrIN2O. The van der Waals surface area contributed by atoms with E-state index in [9.17, 15) is 0 Å². The van der Waals surface area contributed by atoms with Crippen LogP contribution in [0.5, 0.6) is 5.75 Å². The molecule has 5 heteroatoms. The maximum atomic E-state index is 5.20. The molecule has 0 radical (unpaired) electrons. The minimum absolute atomic E-state index is 0.828. The van der Waals surface area contributed by atoms with Crippen molar-refractivity contribution in [2.24, 2.45) is 0 Å². The quantitative estimate of drug-likeness (QED) is 0.566. The van der Waals surface area contributed by atoms with Crippen molar-refractivity contribution in [2.45, 2.75) is 0 Å². The van der Waals surface area contributed by atoms with E-state index < -0.39 is 0 Å². The van der Waals surface area contributed by atoms with Gasteiger partial charge in [0.25, 0.3) is 0 Å². The van der Waals surface area contributed by atoms with Crippen LogP contribution in [-0.2, 0) is 0 Å². The van der Waals surface area contributed by atoms with E-state index in [4.69, 9.17) is 4.74 Å². The van der Waals surface area contributed by atoms with Crippen molar-refractivity contribution in [3.05, 3.63) is 50.8 Å². The van der Waals surface area contributed by atoms with Crippen LogP contribution in [0.3, 0.4) is 0 Å². The molecule has 2 heterocycles. The van der Waals surface area contributed by atoms with E-state index in [2.05, 4.69) is 55.8 Å². The Bertz CT molecular complexity index is 754. The number of hydrogen-bond donors (Lipinski definition) is 0. The van der Waals surface area contributed by atoms with Crippen LogP contribution in [0.2, 0.25) is 0 Å². The number of fused-ring (bicyclic) bond motifs is 1. The summed E-state index contributed by atoms with van der Waals surface area (Å²) in [6.07, 6.45) is 4.09. The summed E-state index contributed by atoms with van der Waals surface area (Å²) in [6, 6.07) is 9.96. The Balaban J connectivity index is 2.13. The molecule has 0 unspecified atom stereocenters. The van der Waals surface area contributed by atoms with Gasteiger partial charge in [0.05, 0.1) is 12.8 Å². The molecular weight excluding hydrogens is 419 g/mol. The number of benzene rings is 1. The molecule has 2 aromatic heterocycles. The van der Waals surface area contributed by atoms with Crippen molar-refractivity contribution in [1.29, 1.82) is 0 Å². The van der Waals surface area contributed by atoms with Crippen LogP contribution < -0.4 is 4.74 Å². The molecule has 0 fully saturated rings. The van der Waals surface area contributed by atoms with E-state index >= 15 is 0 Å². The number of rotatable bonds is 2. The second-order valence-corrected chi connectivity index (χ2v) is 6.18. The fraction of sp³-hybridized carbons (Fsp3) is 0.0714. The number of ether oxygens (including phenoxy) is 1. The molecule has 0 saturated heterocycles. The summed E-state index contributed by atoms with van der Waals surface area (Å²) < 4.78 is 9.40. The first-order valence-corrected chi connectivity index (χ1v) is 7.53. The van der Waals surface area contributed by atoms with Gasteiger partial charge >= 0.3 is 0 Å². The number of imidazole rings is 1. The van der Waals surface area contributed by atoms with Gasteiger partial charge in [-0.1, -0.05) is 0 Å². The van der Waals surface area contributed by atoms with Gasteiger partial charge in [0.15, 0.2) is 0 Å². The highest BCUT2D eigenvalue weighted by atomic mass is 127. The molecule has 3 aromatic rings. The van der Waals surface area contributed by atoms with Crippen molar-refractivity contribution in [1.82, 2.24) is 9.38 Å². The van der Waals surface area contributed by atoms with Crippen LogP contribution in [0.25, 0.3) is 16.9 Å². The van der Waals surface area contributed by atoms with Crippen LogP contribution in [0.4, 0.5) is 0 Å². The molecule has 0 amide bonds. The van der Waals surface area contributed by atoms with Crippen LogP contribution in [0.15, 0.2) is 47.2 Å². The zero-order chi connectivity index (χ0) is 13.4. The lowest BCUT2D eigenvalue weighted by Crippen LogP contribution is -1.84. The summed E-state index contributed by atoms with van der Waals surface area (Å²) in [7, 11) is 1.66. The number of pyridine rings is 1. The molecule has 3 rings (SSSR count). The molecule has 96 valence electrons. The Hall–Kier alpha value is -1.08. The Kier molecular flexibility index (Phi) is 3.49. The molecule has 19 heavy (non-hydrogen) atoms. The molecule has 3 nitrogen and oxygen atoms in total. The predicted octanol–water partition coefficient (Wildman–Crippen LogP) is 4.38. The highest BCUT2D eigenvalue weighted by Crippen LogP contribution is 2.31. The summed E-state index contributed by atoms with van der Waals surface area (Å²) in [5.41, 5.74) is 2.94. The number of hydrogen-bond acceptors (Lipinski definition) is 2. The Morgan fingerprint density at radius 2 is 2.05 bits per heavy atom. The Morgan fingerprint density at radius 1 is 1.21 bits per heavy atom. The van der Waals surface area contributed by atoms with E-state index in [1.807, 2.05) is 34.9 Å². The third kappa shape index (κ3) is 2.49. The normalized spacial score (nSPS) is 10.9. The van der Waals surface area contributed by atoms with Crippen LogP contribution in [0.1, 0.15) is 0 Å². The largest absolute Gasteiger partial charge is 0.497 e. The van der Waals surface area contributed by atoms with Crippen molar-refractivity contribution in [3.8, 4) is 17.0 Å². The van der Waals surface area contributed by atoms with E-state index in [1.54, 1.807) is 7.11 Å². The molecule has 0 saturated carbocycles. The fourth-order valence-corrected chi connectivity index (χ4v) is 2.97. The number of nitrogens with zero attached hydrogens (tertiary/aromatic N) is 2. The van der Waals surface area contributed by atoms with Crippen LogP contribution >= 0.6 is 38.5 Å². The topological polar surface area (TPSA) is 26.5 Å². The van der Waals surface area contributed by atoms with Gasteiger partial charge in [-0.3, -0.25) is 0 Å². The van der Waals surface area contributed by atoms with Crippen molar-refractivity contribution in [3.63, 3.8) is 0 Å². The van der Waals surface area contributed by atoms with Crippen molar-refractivity contribution < 1.29 is 4.74 Å². The minimum Gasteiger partial charge on any atom is -0.497 e. The van der Waals surface area contributed by atoms with Crippen LogP contribution in [0, 0.1) is 3.57 Å². The summed E-state index contributed by atoms with van der Waals surface area (Å²) in [6.45, 7) is 0. The maximum absolute atomic E-state index is 5.20. The van der Waals surface area contributed by atoms with Gasteiger partial charge in [-0.2, -0.15) is 0 Å². The molecule has 0 bridgehead atoms. The van der Waals surface area contributed by atoms with Crippen molar-refractivity contribution >= 4 is 44.2 Å². The molecule has 1 aromatic carbocycles. The van der Waals surface area contributed by atoms with Gasteiger partial charge in [0, 0.05) is 26.0 Å². The van der Waals surface area contributed by atoms with Gasteiger partial charge in [-0.05, 0) is 68.9 Å². The standard InChI is InChI=1S/C14H10BrIN2O/c1-19-10-3-4-11(12(15)6-10)13-8-18-7-9(16)2-5-14(18)17-13/h2-8H,1H3. The molecule has 0 spiro atoms. The number of methoxy groups -OCH3 is 1. The van der Waals surface area contributed by atoms with Gasteiger partial charge < -0.3 is 9.14 Å². The summed E-state index contributed by atoms with van der Waals surface area (Å²) in [5.74, 6) is 0.828. The average Bonchev–Trinajstić information content (AvgIpc) is 2.81. The first-order chi connectivity index (χ1) is 9.17. The first kappa shape index (κ1) is 12.9. The zero-order valence-electron chi connectivity index (χ0n) is 10.1. The second kappa shape index (κ2) is 5.13. The summed E-state index contributed by atoms with van der Waals surface area (Å²) in [4.78, 5) is 4.63. The highest BCUT2D eigenvalue weighted by Gasteiger charge is 2.09. The van der Waals surface area contributed by atoms with Gasteiger partial charge in [-0.25, -0.2) is 4.98 Å². The monoisotopic (exact) mass is 428 g/mol. The summed E-state index contributed by atoms with van der Waals surface area (Å²) in [5, 5.41) is 0. The number of halogens is 2. The van der Waals surface area contributed by atoms with Gasteiger partial charge in [0.2, 0.25) is 0 Å². The number of aromatic nitrogens is 2. The van der Waals surface area contributed by atoms with E-state index in [-0.39, 0.29) is 0 Å². The third-order valence-corrected chi connectivity index (χ3v) is 4.16. The van der Waals surface area contributed by atoms with Crippen molar-refractivity contribution in [2.75, 3.05) is 7.11 Å². The fourth-order valence-electron chi connectivity index (χ4n) is 1.92. The highest BCUT2D eigenvalue weighted by molar-refractivity contribution is 14.1. The molecule has 0 aliphatic heterocycles. The lowest BCUT2D eigenvalue weighted by molar-refractivity contribution is 0.414. The minimum atomic E-state index is 0.828. The lowest BCUT2D eigenvalue weighted by atomic mass is 10.1. The van der Waals surface area contributed by atoms with Gasteiger partial charge in [-0.15, -0.1) is 0 Å². The predicted molar refractivity (Wildman–Crippen MR) is 87.6 cm³/mol. The van der Waals surface area contributed by atoms with E-state index in [1.165, 1.54) is 3.57 Å². The van der Waals surface area contributed by atoms with Gasteiger partial charge in [0.1, 0.15) is 11.4 Å². The van der Waals surface area contributed by atoms with E-state index in [0.29, 0.717) is 0 Å². The molecule has 0 N–H and O–H groups in total. The average molecular weight is 429 g/mol. The Labute approximate surface area is 132 Å². The molecule has 0 atom stereocenters. The third-order valence-electron chi connectivity index (χ3n) is 2.87. The van der Waals surface area contributed by atoms with E-state index in [0.717, 1.165) is 27.1 Å². The summed E-state index contributed by atoms with van der Waals surface area (Å²) >= 11 is 5.86. The molecule has 0 aliphatic rings. The second-order valence-electron chi connectivity index (χ2n) is 4.08. The van der Waals surface area contributed by atoms with Crippen LogP contribution in [-0.4, -0.2) is 16.5 Å². The lowest BCUT2D eigenvalue weighted by Gasteiger charge is -2.04. The smallest absolute Gasteiger partial charge is 0.137 e. The molecule has 0 aliphatic carbocycles.